The first-order chi connectivity index (χ1) is 11.1. The number of para-hydroxylation sites is 1. The average Bonchev–Trinajstić information content (AvgIpc) is 3.11. The van der Waals surface area contributed by atoms with Gasteiger partial charge in [-0.05, 0) is 13.0 Å². The van der Waals surface area contributed by atoms with Gasteiger partial charge in [0.05, 0.1) is 16.7 Å². The number of rotatable bonds is 5. The highest BCUT2D eigenvalue weighted by molar-refractivity contribution is 7.98. The predicted octanol–water partition coefficient (Wildman–Crippen LogP) is 3.58. The number of furan rings is 1. The lowest BCUT2D eigenvalue weighted by atomic mass is 10.2. The van der Waals surface area contributed by atoms with Crippen molar-refractivity contribution in [3.05, 3.63) is 58.0 Å². The van der Waals surface area contributed by atoms with Crippen LogP contribution >= 0.6 is 11.8 Å². The molecule has 0 N–H and O–H groups in total. The van der Waals surface area contributed by atoms with Crippen LogP contribution in [0.25, 0.3) is 11.4 Å². The molecule has 2 aromatic heterocycles. The molecule has 0 saturated heterocycles. The molecule has 0 bridgehead atoms. The Balaban J connectivity index is 1.82. The Bertz CT molecular complexity index is 856. The topological polar surface area (TPSA) is 87.0 Å². The molecule has 3 aromatic rings. The van der Waals surface area contributed by atoms with Crippen molar-refractivity contribution in [2.45, 2.75) is 17.8 Å². The van der Waals surface area contributed by atoms with Gasteiger partial charge in [0, 0.05) is 24.4 Å². The van der Waals surface area contributed by atoms with Crippen LogP contribution in [0.5, 0.6) is 0 Å². The van der Waals surface area contributed by atoms with Gasteiger partial charge in [0.2, 0.25) is 0 Å². The quantitative estimate of drug-likeness (QED) is 0.404. The Kier molecular flexibility index (Phi) is 4.16. The van der Waals surface area contributed by atoms with Crippen molar-refractivity contribution < 1.29 is 9.34 Å². The van der Waals surface area contributed by atoms with E-state index in [2.05, 4.69) is 10.2 Å². The monoisotopic (exact) mass is 330 g/mol. The third-order valence-electron chi connectivity index (χ3n) is 3.48. The molecule has 0 saturated carbocycles. The van der Waals surface area contributed by atoms with E-state index < -0.39 is 0 Å². The van der Waals surface area contributed by atoms with E-state index in [1.54, 1.807) is 24.5 Å². The summed E-state index contributed by atoms with van der Waals surface area (Å²) in [6.45, 7) is 1.87. The molecule has 0 aliphatic heterocycles. The van der Waals surface area contributed by atoms with Crippen molar-refractivity contribution in [2.24, 2.45) is 7.05 Å². The van der Waals surface area contributed by atoms with Gasteiger partial charge >= 0.3 is 0 Å². The number of benzene rings is 1. The van der Waals surface area contributed by atoms with Gasteiger partial charge in [0.25, 0.3) is 5.69 Å². The number of hydrogen-bond donors (Lipinski definition) is 0. The van der Waals surface area contributed by atoms with Crippen LogP contribution < -0.4 is 0 Å². The van der Waals surface area contributed by atoms with Crippen molar-refractivity contribution >= 4 is 17.4 Å². The first-order valence-corrected chi connectivity index (χ1v) is 7.85. The average molecular weight is 330 g/mol. The third kappa shape index (κ3) is 2.98. The normalized spacial score (nSPS) is 10.9. The number of aryl methyl sites for hydroxylation is 1. The van der Waals surface area contributed by atoms with Crippen molar-refractivity contribution in [3.63, 3.8) is 0 Å². The van der Waals surface area contributed by atoms with E-state index in [-0.39, 0.29) is 10.6 Å². The van der Waals surface area contributed by atoms with Crippen LogP contribution in [-0.2, 0) is 12.8 Å². The number of nitro groups is 1. The van der Waals surface area contributed by atoms with E-state index in [1.165, 1.54) is 17.8 Å². The van der Waals surface area contributed by atoms with Gasteiger partial charge in [-0.2, -0.15) is 0 Å². The van der Waals surface area contributed by atoms with E-state index in [9.17, 15) is 10.1 Å². The third-order valence-corrected chi connectivity index (χ3v) is 4.55. The smallest absolute Gasteiger partial charge is 0.273 e. The Morgan fingerprint density at radius 2 is 2.09 bits per heavy atom. The molecule has 7 nitrogen and oxygen atoms in total. The molecule has 0 spiro atoms. The fourth-order valence-corrected chi connectivity index (χ4v) is 3.15. The molecule has 0 radical (unpaired) electrons. The van der Waals surface area contributed by atoms with Gasteiger partial charge in [-0.1, -0.05) is 30.0 Å². The van der Waals surface area contributed by atoms with Crippen LogP contribution in [-0.4, -0.2) is 19.7 Å². The fraction of sp³-hybridized carbons (Fsp3) is 0.200. The summed E-state index contributed by atoms with van der Waals surface area (Å²) < 4.78 is 7.15. The summed E-state index contributed by atoms with van der Waals surface area (Å²) in [5.74, 6) is 1.94. The minimum atomic E-state index is -0.368. The second-order valence-corrected chi connectivity index (χ2v) is 5.87. The van der Waals surface area contributed by atoms with Gasteiger partial charge in [-0.3, -0.25) is 10.1 Å². The Morgan fingerprint density at radius 1 is 1.30 bits per heavy atom. The van der Waals surface area contributed by atoms with E-state index in [1.807, 2.05) is 24.6 Å². The SMILES string of the molecule is Cc1occc1-c1nnc(SCc2ccccc2[N+](=O)[O-])n1C. The van der Waals surface area contributed by atoms with Gasteiger partial charge in [-0.15, -0.1) is 10.2 Å². The lowest BCUT2D eigenvalue weighted by Gasteiger charge is -2.04. The molecular formula is C15H14N4O3S. The minimum Gasteiger partial charge on any atom is -0.469 e. The lowest BCUT2D eigenvalue weighted by Crippen LogP contribution is -1.97. The molecule has 0 atom stereocenters. The highest BCUT2D eigenvalue weighted by Crippen LogP contribution is 2.29. The first-order valence-electron chi connectivity index (χ1n) is 6.87. The Labute approximate surface area is 136 Å². The van der Waals surface area contributed by atoms with Crippen LogP contribution in [0.1, 0.15) is 11.3 Å². The maximum absolute atomic E-state index is 11.0. The van der Waals surface area contributed by atoms with E-state index in [0.717, 1.165) is 11.3 Å². The number of nitrogens with zero attached hydrogens (tertiary/aromatic N) is 4. The summed E-state index contributed by atoms with van der Waals surface area (Å²) in [6, 6.07) is 8.56. The van der Waals surface area contributed by atoms with E-state index in [0.29, 0.717) is 22.3 Å². The maximum atomic E-state index is 11.0. The molecule has 3 rings (SSSR count). The molecule has 23 heavy (non-hydrogen) atoms. The largest absolute Gasteiger partial charge is 0.469 e. The lowest BCUT2D eigenvalue weighted by molar-refractivity contribution is -0.385. The molecular weight excluding hydrogens is 316 g/mol. The molecule has 0 fully saturated rings. The number of aromatic nitrogens is 3. The Hall–Kier alpha value is -2.61. The molecule has 0 amide bonds. The maximum Gasteiger partial charge on any atom is 0.273 e. The molecule has 118 valence electrons. The second-order valence-electron chi connectivity index (χ2n) is 4.93. The van der Waals surface area contributed by atoms with Crippen LogP contribution in [0.3, 0.4) is 0 Å². The number of hydrogen-bond acceptors (Lipinski definition) is 6. The van der Waals surface area contributed by atoms with Crippen LogP contribution in [0.15, 0.2) is 46.2 Å². The summed E-state index contributed by atoms with van der Waals surface area (Å²) >= 11 is 1.41. The van der Waals surface area contributed by atoms with Gasteiger partial charge in [0.15, 0.2) is 11.0 Å². The zero-order chi connectivity index (χ0) is 16.4. The van der Waals surface area contributed by atoms with Gasteiger partial charge in [-0.25, -0.2) is 0 Å². The van der Waals surface area contributed by atoms with E-state index in [4.69, 9.17) is 4.42 Å². The molecule has 0 aliphatic rings. The fourth-order valence-electron chi connectivity index (χ4n) is 2.25. The molecule has 1 aromatic carbocycles. The summed E-state index contributed by atoms with van der Waals surface area (Å²) in [5, 5.41) is 20.1. The molecule has 2 heterocycles. The van der Waals surface area contributed by atoms with Crippen molar-refractivity contribution in [1.29, 1.82) is 0 Å². The van der Waals surface area contributed by atoms with Crippen molar-refractivity contribution in [1.82, 2.24) is 14.8 Å². The Morgan fingerprint density at radius 3 is 2.78 bits per heavy atom. The summed E-state index contributed by atoms with van der Waals surface area (Å²) in [6.07, 6.45) is 1.61. The number of thioether (sulfide) groups is 1. The van der Waals surface area contributed by atoms with Crippen LogP contribution in [0.4, 0.5) is 5.69 Å². The van der Waals surface area contributed by atoms with E-state index >= 15 is 0 Å². The first kappa shape index (κ1) is 15.3. The summed E-state index contributed by atoms with van der Waals surface area (Å²) in [4.78, 5) is 10.7. The highest BCUT2D eigenvalue weighted by Gasteiger charge is 2.17. The standard InChI is InChI=1S/C15H14N4O3S/c1-10-12(7-8-22-10)14-16-17-15(18(14)2)23-9-11-5-3-4-6-13(11)19(20)21/h3-8H,9H2,1-2H3. The molecule has 8 heteroatoms. The highest BCUT2D eigenvalue weighted by atomic mass is 32.2. The van der Waals surface area contributed by atoms with Gasteiger partial charge < -0.3 is 8.98 Å². The van der Waals surface area contributed by atoms with Gasteiger partial charge in [0.1, 0.15) is 5.76 Å². The van der Waals surface area contributed by atoms with Crippen LogP contribution in [0, 0.1) is 17.0 Å². The summed E-state index contributed by atoms with van der Waals surface area (Å²) in [7, 11) is 1.86. The number of nitro benzene ring substituents is 1. The minimum absolute atomic E-state index is 0.119. The van der Waals surface area contributed by atoms with Crippen LogP contribution in [0.2, 0.25) is 0 Å². The predicted molar refractivity (Wildman–Crippen MR) is 86.1 cm³/mol. The second kappa shape index (κ2) is 6.25. The van der Waals surface area contributed by atoms with Crippen molar-refractivity contribution in [2.75, 3.05) is 0 Å². The zero-order valence-electron chi connectivity index (χ0n) is 12.6. The van der Waals surface area contributed by atoms with Crippen molar-refractivity contribution in [3.8, 4) is 11.4 Å². The summed E-state index contributed by atoms with van der Waals surface area (Å²) in [5.41, 5.74) is 1.66. The zero-order valence-corrected chi connectivity index (χ0v) is 13.4. The molecule has 0 aliphatic carbocycles. The molecule has 0 unspecified atom stereocenters.